The molecule has 0 saturated heterocycles. The number of hydrogen-bond acceptors (Lipinski definition) is 3. The topological polar surface area (TPSA) is 50.9 Å². The van der Waals surface area contributed by atoms with Crippen molar-refractivity contribution >= 4 is 22.6 Å². The molecule has 88 valence electrons. The fourth-order valence-electron chi connectivity index (χ4n) is 1.72. The average molecular weight is 339 g/mol. The molecule has 0 bridgehead atoms. The van der Waals surface area contributed by atoms with Gasteiger partial charge >= 0.3 is 0 Å². The molecule has 1 unspecified atom stereocenters. The molecule has 3 N–H and O–H groups in total. The molecule has 0 aliphatic heterocycles. The zero-order valence-corrected chi connectivity index (χ0v) is 11.5. The van der Waals surface area contributed by atoms with E-state index in [0.29, 0.717) is 0 Å². The quantitative estimate of drug-likeness (QED) is 0.511. The summed E-state index contributed by atoms with van der Waals surface area (Å²) >= 11 is 2.29. The van der Waals surface area contributed by atoms with Crippen LogP contribution in [0.4, 0.5) is 0 Å². The molecule has 1 atom stereocenters. The van der Waals surface area contributed by atoms with Crippen LogP contribution in [0, 0.1) is 3.57 Å². The molecule has 1 heterocycles. The van der Waals surface area contributed by atoms with E-state index >= 15 is 0 Å². The lowest BCUT2D eigenvalue weighted by Gasteiger charge is -2.16. The van der Waals surface area contributed by atoms with Crippen molar-refractivity contribution in [2.45, 2.75) is 12.5 Å². The Labute approximate surface area is 115 Å². The third-order valence-corrected chi connectivity index (χ3v) is 3.36. The van der Waals surface area contributed by atoms with Gasteiger partial charge in [0.2, 0.25) is 0 Å². The SMILES string of the molecule is NNC(Cc1cccnc1)c1ccc(I)cc1. The highest BCUT2D eigenvalue weighted by molar-refractivity contribution is 14.1. The molecule has 17 heavy (non-hydrogen) atoms. The van der Waals surface area contributed by atoms with Gasteiger partial charge in [-0.05, 0) is 58.3 Å². The molecule has 0 fully saturated rings. The summed E-state index contributed by atoms with van der Waals surface area (Å²) in [5, 5.41) is 0. The van der Waals surface area contributed by atoms with E-state index in [-0.39, 0.29) is 6.04 Å². The number of benzene rings is 1. The number of halogens is 1. The van der Waals surface area contributed by atoms with Crippen LogP contribution < -0.4 is 11.3 Å². The van der Waals surface area contributed by atoms with Gasteiger partial charge in [0.05, 0.1) is 6.04 Å². The minimum Gasteiger partial charge on any atom is -0.271 e. The maximum absolute atomic E-state index is 5.62. The minimum atomic E-state index is 0.121. The Bertz CT molecular complexity index is 456. The average Bonchev–Trinajstić information content (AvgIpc) is 2.38. The first-order valence-corrected chi connectivity index (χ1v) is 6.48. The fourth-order valence-corrected chi connectivity index (χ4v) is 2.08. The van der Waals surface area contributed by atoms with Crippen LogP contribution in [-0.4, -0.2) is 4.98 Å². The second-order valence-electron chi connectivity index (χ2n) is 3.84. The van der Waals surface area contributed by atoms with Crippen LogP contribution >= 0.6 is 22.6 Å². The number of nitrogens with one attached hydrogen (secondary N) is 1. The maximum Gasteiger partial charge on any atom is 0.0500 e. The second kappa shape index (κ2) is 6.09. The highest BCUT2D eigenvalue weighted by atomic mass is 127. The molecule has 0 radical (unpaired) electrons. The predicted octanol–water partition coefficient (Wildman–Crippen LogP) is 2.43. The summed E-state index contributed by atoms with van der Waals surface area (Å²) in [4.78, 5) is 4.11. The van der Waals surface area contributed by atoms with Gasteiger partial charge < -0.3 is 0 Å². The van der Waals surface area contributed by atoms with Crippen molar-refractivity contribution in [1.29, 1.82) is 0 Å². The van der Waals surface area contributed by atoms with Crippen LogP contribution in [0.5, 0.6) is 0 Å². The van der Waals surface area contributed by atoms with E-state index in [1.165, 1.54) is 14.7 Å². The largest absolute Gasteiger partial charge is 0.271 e. The lowest BCUT2D eigenvalue weighted by Crippen LogP contribution is -2.29. The lowest BCUT2D eigenvalue weighted by atomic mass is 10.0. The van der Waals surface area contributed by atoms with Crippen molar-refractivity contribution in [3.8, 4) is 0 Å². The molecule has 0 aliphatic rings. The third-order valence-electron chi connectivity index (χ3n) is 2.64. The molecule has 0 saturated carbocycles. The van der Waals surface area contributed by atoms with Crippen LogP contribution in [0.25, 0.3) is 0 Å². The number of hydrogen-bond donors (Lipinski definition) is 2. The number of nitrogens with zero attached hydrogens (tertiary/aromatic N) is 1. The lowest BCUT2D eigenvalue weighted by molar-refractivity contribution is 0.551. The highest BCUT2D eigenvalue weighted by Crippen LogP contribution is 2.18. The van der Waals surface area contributed by atoms with Gasteiger partial charge in [0, 0.05) is 16.0 Å². The van der Waals surface area contributed by atoms with Crippen LogP contribution in [0.3, 0.4) is 0 Å². The first-order chi connectivity index (χ1) is 8.29. The smallest absolute Gasteiger partial charge is 0.0500 e. The summed E-state index contributed by atoms with van der Waals surface area (Å²) in [5.74, 6) is 5.62. The van der Waals surface area contributed by atoms with Crippen molar-refractivity contribution < 1.29 is 0 Å². The second-order valence-corrected chi connectivity index (χ2v) is 5.08. The number of rotatable bonds is 4. The Hall–Kier alpha value is -0.980. The fraction of sp³-hybridized carbons (Fsp3) is 0.154. The standard InChI is InChI=1S/C13H14IN3/c14-12-5-3-11(4-6-12)13(17-15)8-10-2-1-7-16-9-10/h1-7,9,13,17H,8,15H2. The third kappa shape index (κ3) is 3.49. The summed E-state index contributed by atoms with van der Waals surface area (Å²) < 4.78 is 1.23. The van der Waals surface area contributed by atoms with E-state index in [4.69, 9.17) is 5.84 Å². The first kappa shape index (κ1) is 12.5. The van der Waals surface area contributed by atoms with Gasteiger partial charge in [-0.25, -0.2) is 0 Å². The molecule has 2 rings (SSSR count). The van der Waals surface area contributed by atoms with Gasteiger partial charge in [0.1, 0.15) is 0 Å². The molecule has 1 aromatic carbocycles. The van der Waals surface area contributed by atoms with Crippen LogP contribution in [0.15, 0.2) is 48.8 Å². The molecule has 1 aromatic heterocycles. The monoisotopic (exact) mass is 339 g/mol. The van der Waals surface area contributed by atoms with Crippen molar-refractivity contribution in [2.24, 2.45) is 5.84 Å². The van der Waals surface area contributed by atoms with Gasteiger partial charge in [0.25, 0.3) is 0 Å². The summed E-state index contributed by atoms with van der Waals surface area (Å²) in [5.41, 5.74) is 5.22. The Morgan fingerprint density at radius 2 is 2.00 bits per heavy atom. The molecular formula is C13H14IN3. The van der Waals surface area contributed by atoms with E-state index in [2.05, 4.69) is 63.3 Å². The highest BCUT2D eigenvalue weighted by Gasteiger charge is 2.10. The Kier molecular flexibility index (Phi) is 4.47. The number of pyridine rings is 1. The molecule has 3 nitrogen and oxygen atoms in total. The van der Waals surface area contributed by atoms with E-state index in [1.807, 2.05) is 12.3 Å². The first-order valence-electron chi connectivity index (χ1n) is 5.40. The molecule has 2 aromatic rings. The number of nitrogens with two attached hydrogens (primary N) is 1. The van der Waals surface area contributed by atoms with Gasteiger partial charge in [-0.15, -0.1) is 0 Å². The van der Waals surface area contributed by atoms with Crippen LogP contribution in [-0.2, 0) is 6.42 Å². The van der Waals surface area contributed by atoms with Gasteiger partial charge in [-0.2, -0.15) is 0 Å². The van der Waals surface area contributed by atoms with Gasteiger partial charge in [0.15, 0.2) is 0 Å². The summed E-state index contributed by atoms with van der Waals surface area (Å²) in [6, 6.07) is 12.5. The van der Waals surface area contributed by atoms with E-state index in [9.17, 15) is 0 Å². The maximum atomic E-state index is 5.62. The Morgan fingerprint density at radius 1 is 1.24 bits per heavy atom. The number of hydrazine groups is 1. The van der Waals surface area contributed by atoms with Crippen molar-refractivity contribution in [3.05, 3.63) is 63.5 Å². The van der Waals surface area contributed by atoms with Crippen molar-refractivity contribution in [1.82, 2.24) is 10.4 Å². The zero-order valence-electron chi connectivity index (χ0n) is 9.31. The van der Waals surface area contributed by atoms with E-state index in [0.717, 1.165) is 6.42 Å². The Morgan fingerprint density at radius 3 is 2.59 bits per heavy atom. The summed E-state index contributed by atoms with van der Waals surface area (Å²) in [6.45, 7) is 0. The summed E-state index contributed by atoms with van der Waals surface area (Å²) in [7, 11) is 0. The molecule has 0 aliphatic carbocycles. The number of aromatic nitrogens is 1. The van der Waals surface area contributed by atoms with Gasteiger partial charge in [-0.1, -0.05) is 18.2 Å². The van der Waals surface area contributed by atoms with Crippen molar-refractivity contribution in [3.63, 3.8) is 0 Å². The minimum absolute atomic E-state index is 0.121. The van der Waals surface area contributed by atoms with Crippen LogP contribution in [0.2, 0.25) is 0 Å². The Balaban J connectivity index is 2.14. The molecule has 4 heteroatoms. The van der Waals surface area contributed by atoms with Crippen molar-refractivity contribution in [2.75, 3.05) is 0 Å². The predicted molar refractivity (Wildman–Crippen MR) is 77.2 cm³/mol. The normalized spacial score (nSPS) is 12.4. The summed E-state index contributed by atoms with van der Waals surface area (Å²) in [6.07, 6.45) is 4.49. The van der Waals surface area contributed by atoms with E-state index in [1.54, 1.807) is 6.20 Å². The zero-order chi connectivity index (χ0) is 12.1. The van der Waals surface area contributed by atoms with Gasteiger partial charge in [-0.3, -0.25) is 16.3 Å². The molecule has 0 amide bonds. The molecular weight excluding hydrogens is 325 g/mol. The van der Waals surface area contributed by atoms with E-state index < -0.39 is 0 Å². The van der Waals surface area contributed by atoms with Crippen LogP contribution in [0.1, 0.15) is 17.2 Å². The molecule has 0 spiro atoms.